The smallest absolute Gasteiger partial charge is 0.121 e. The first-order valence-electron chi connectivity index (χ1n) is 5.59. The molecule has 3 rings (SSSR count). The highest BCUT2D eigenvalue weighted by molar-refractivity contribution is 5.78. The summed E-state index contributed by atoms with van der Waals surface area (Å²) >= 11 is 0. The minimum absolute atomic E-state index is 0.692. The van der Waals surface area contributed by atoms with E-state index in [4.69, 9.17) is 0 Å². The fraction of sp³-hybridized carbons (Fsp3) is 0.154. The van der Waals surface area contributed by atoms with Crippen molar-refractivity contribution in [2.45, 2.75) is 6.10 Å². The largest absolute Gasteiger partial charge is 0.382 e. The normalized spacial score (nSPS) is 12.8. The van der Waals surface area contributed by atoms with E-state index in [0.29, 0.717) is 0 Å². The number of fused-ring (bicyclic) bond motifs is 1. The summed E-state index contributed by atoms with van der Waals surface area (Å²) in [6.45, 7) is 0. The second kappa shape index (κ2) is 4.19. The molecule has 0 spiro atoms. The van der Waals surface area contributed by atoms with Gasteiger partial charge in [-0.1, -0.05) is 6.07 Å². The van der Waals surface area contributed by atoms with E-state index >= 15 is 0 Å². The van der Waals surface area contributed by atoms with Crippen LogP contribution in [0.2, 0.25) is 0 Å². The number of aromatic nitrogens is 4. The molecule has 0 amide bonds. The maximum atomic E-state index is 10.3. The van der Waals surface area contributed by atoms with E-state index in [0.717, 1.165) is 22.2 Å². The Kier molecular flexibility index (Phi) is 2.53. The molecule has 90 valence electrons. The number of imidazole rings is 1. The summed E-state index contributed by atoms with van der Waals surface area (Å²) in [5.74, 6) is 0. The molecule has 18 heavy (non-hydrogen) atoms. The molecule has 1 unspecified atom stereocenters. The first kappa shape index (κ1) is 10.9. The summed E-state index contributed by atoms with van der Waals surface area (Å²) in [5, 5.41) is 11.2. The average Bonchev–Trinajstić information content (AvgIpc) is 2.83. The van der Waals surface area contributed by atoms with Gasteiger partial charge in [0.15, 0.2) is 0 Å². The molecule has 2 heterocycles. The van der Waals surface area contributed by atoms with Crippen molar-refractivity contribution in [3.05, 3.63) is 54.5 Å². The van der Waals surface area contributed by atoms with Gasteiger partial charge >= 0.3 is 0 Å². The number of aliphatic hydroxyl groups is 1. The Bertz CT molecular complexity index is 692. The molecule has 0 saturated heterocycles. The van der Waals surface area contributed by atoms with Crippen molar-refractivity contribution in [2.75, 3.05) is 0 Å². The lowest BCUT2D eigenvalue weighted by atomic mass is 10.0. The van der Waals surface area contributed by atoms with Crippen molar-refractivity contribution in [1.29, 1.82) is 0 Å². The monoisotopic (exact) mass is 240 g/mol. The second-order valence-electron chi connectivity index (χ2n) is 4.17. The van der Waals surface area contributed by atoms with Gasteiger partial charge in [-0.2, -0.15) is 0 Å². The van der Waals surface area contributed by atoms with E-state index in [-0.39, 0.29) is 0 Å². The standard InChI is InChI=1S/C13H12N4O/c1-17-8-15-6-12(17)13(18)9-2-3-11-10(4-9)5-14-7-16-11/h2-8,13,18H,1H3. The lowest BCUT2D eigenvalue weighted by Crippen LogP contribution is -2.05. The van der Waals surface area contributed by atoms with Crippen molar-refractivity contribution in [1.82, 2.24) is 19.5 Å². The summed E-state index contributed by atoms with van der Waals surface area (Å²) in [6, 6.07) is 5.64. The summed E-state index contributed by atoms with van der Waals surface area (Å²) < 4.78 is 1.80. The molecule has 0 aliphatic rings. The van der Waals surface area contributed by atoms with Crippen LogP contribution in [0.3, 0.4) is 0 Å². The van der Waals surface area contributed by atoms with E-state index in [2.05, 4.69) is 15.0 Å². The molecule has 2 aromatic heterocycles. The molecule has 5 heteroatoms. The zero-order valence-electron chi connectivity index (χ0n) is 9.85. The van der Waals surface area contributed by atoms with E-state index in [1.165, 1.54) is 6.33 Å². The third-order valence-electron chi connectivity index (χ3n) is 2.98. The average molecular weight is 240 g/mol. The molecule has 0 fully saturated rings. The number of rotatable bonds is 2. The van der Waals surface area contributed by atoms with Crippen LogP contribution in [0, 0.1) is 0 Å². The Balaban J connectivity index is 2.07. The number of aliphatic hydroxyl groups excluding tert-OH is 1. The van der Waals surface area contributed by atoms with Crippen molar-refractivity contribution in [2.24, 2.45) is 7.05 Å². The summed E-state index contributed by atoms with van der Waals surface area (Å²) in [6.07, 6.45) is 5.89. The molecular weight excluding hydrogens is 228 g/mol. The van der Waals surface area contributed by atoms with Crippen LogP contribution in [0.4, 0.5) is 0 Å². The fourth-order valence-electron chi connectivity index (χ4n) is 1.97. The van der Waals surface area contributed by atoms with E-state index in [1.807, 2.05) is 25.2 Å². The summed E-state index contributed by atoms with van der Waals surface area (Å²) in [4.78, 5) is 12.1. The third-order valence-corrected chi connectivity index (χ3v) is 2.98. The number of hydrogen-bond acceptors (Lipinski definition) is 4. The first-order valence-corrected chi connectivity index (χ1v) is 5.59. The maximum absolute atomic E-state index is 10.3. The Labute approximate surface area is 104 Å². The van der Waals surface area contributed by atoms with Gasteiger partial charge in [-0.25, -0.2) is 15.0 Å². The molecule has 5 nitrogen and oxygen atoms in total. The van der Waals surface area contributed by atoms with E-state index in [9.17, 15) is 5.11 Å². The Morgan fingerprint density at radius 3 is 2.89 bits per heavy atom. The maximum Gasteiger partial charge on any atom is 0.121 e. The molecule has 0 aliphatic heterocycles. The lowest BCUT2D eigenvalue weighted by molar-refractivity contribution is 0.211. The van der Waals surface area contributed by atoms with Gasteiger partial charge < -0.3 is 9.67 Å². The van der Waals surface area contributed by atoms with Crippen LogP contribution in [-0.4, -0.2) is 24.6 Å². The van der Waals surface area contributed by atoms with Crippen LogP contribution < -0.4 is 0 Å². The van der Waals surface area contributed by atoms with Crippen molar-refractivity contribution in [3.63, 3.8) is 0 Å². The van der Waals surface area contributed by atoms with Gasteiger partial charge in [-0.05, 0) is 17.7 Å². The molecule has 3 aromatic rings. The Morgan fingerprint density at radius 1 is 1.22 bits per heavy atom. The van der Waals surface area contributed by atoms with Crippen molar-refractivity contribution < 1.29 is 5.11 Å². The summed E-state index contributed by atoms with van der Waals surface area (Å²) in [7, 11) is 1.86. The number of hydrogen-bond donors (Lipinski definition) is 1. The first-order chi connectivity index (χ1) is 8.75. The van der Waals surface area contributed by atoms with Crippen LogP contribution in [0.5, 0.6) is 0 Å². The number of nitrogens with zero attached hydrogens (tertiary/aromatic N) is 4. The van der Waals surface area contributed by atoms with Gasteiger partial charge in [0.1, 0.15) is 12.4 Å². The molecule has 0 radical (unpaired) electrons. The molecule has 0 saturated carbocycles. The predicted molar refractivity (Wildman–Crippen MR) is 66.8 cm³/mol. The third kappa shape index (κ3) is 1.74. The molecule has 1 atom stereocenters. The molecule has 1 N–H and O–H groups in total. The molecule has 0 bridgehead atoms. The van der Waals surface area contributed by atoms with Crippen LogP contribution in [-0.2, 0) is 7.05 Å². The SMILES string of the molecule is Cn1cncc1C(O)c1ccc2ncncc2c1. The molecular formula is C13H12N4O. The van der Waals surface area contributed by atoms with Crippen LogP contribution in [0.1, 0.15) is 17.4 Å². The Morgan fingerprint density at radius 2 is 2.11 bits per heavy atom. The van der Waals surface area contributed by atoms with E-state index < -0.39 is 6.10 Å². The Hall–Kier alpha value is -2.27. The van der Waals surface area contributed by atoms with Gasteiger partial charge in [0.25, 0.3) is 0 Å². The van der Waals surface area contributed by atoms with Gasteiger partial charge in [0.05, 0.1) is 23.7 Å². The minimum Gasteiger partial charge on any atom is -0.382 e. The van der Waals surface area contributed by atoms with Gasteiger partial charge in [-0.15, -0.1) is 0 Å². The topological polar surface area (TPSA) is 63.8 Å². The zero-order chi connectivity index (χ0) is 12.5. The highest BCUT2D eigenvalue weighted by atomic mass is 16.3. The van der Waals surface area contributed by atoms with Crippen LogP contribution in [0.25, 0.3) is 10.9 Å². The lowest BCUT2D eigenvalue weighted by Gasteiger charge is -2.12. The minimum atomic E-state index is -0.692. The van der Waals surface area contributed by atoms with Crippen LogP contribution >= 0.6 is 0 Å². The van der Waals surface area contributed by atoms with Crippen LogP contribution in [0.15, 0.2) is 43.2 Å². The highest BCUT2D eigenvalue weighted by Crippen LogP contribution is 2.23. The number of aryl methyl sites for hydroxylation is 1. The second-order valence-corrected chi connectivity index (χ2v) is 4.17. The predicted octanol–water partition coefficient (Wildman–Crippen LogP) is 1.44. The molecule has 1 aromatic carbocycles. The highest BCUT2D eigenvalue weighted by Gasteiger charge is 2.14. The van der Waals surface area contributed by atoms with E-state index in [1.54, 1.807) is 23.3 Å². The van der Waals surface area contributed by atoms with Gasteiger partial charge in [-0.3, -0.25) is 0 Å². The number of benzene rings is 1. The van der Waals surface area contributed by atoms with Crippen molar-refractivity contribution >= 4 is 10.9 Å². The van der Waals surface area contributed by atoms with Gasteiger partial charge in [0.2, 0.25) is 0 Å². The van der Waals surface area contributed by atoms with Gasteiger partial charge in [0, 0.05) is 18.6 Å². The van der Waals surface area contributed by atoms with Crippen molar-refractivity contribution in [3.8, 4) is 0 Å². The summed E-state index contributed by atoms with van der Waals surface area (Å²) in [5.41, 5.74) is 2.43. The quantitative estimate of drug-likeness (QED) is 0.736. The molecule has 0 aliphatic carbocycles. The fourth-order valence-corrected chi connectivity index (χ4v) is 1.97. The zero-order valence-corrected chi connectivity index (χ0v) is 9.85.